The van der Waals surface area contributed by atoms with E-state index in [2.05, 4.69) is 5.32 Å². The van der Waals surface area contributed by atoms with Crippen LogP contribution in [0.2, 0.25) is 0 Å². The van der Waals surface area contributed by atoms with Gasteiger partial charge in [-0.15, -0.1) is 0 Å². The minimum absolute atomic E-state index is 0.392. The summed E-state index contributed by atoms with van der Waals surface area (Å²) in [5, 5.41) is 12.1. The number of hydrogen-bond donors (Lipinski definition) is 2. The first-order valence-electron chi connectivity index (χ1n) is 5.37. The van der Waals surface area contributed by atoms with Gasteiger partial charge in [-0.1, -0.05) is 0 Å². The molecule has 0 radical (unpaired) electrons. The van der Waals surface area contributed by atoms with Crippen LogP contribution in [0.5, 0.6) is 0 Å². The summed E-state index contributed by atoms with van der Waals surface area (Å²) >= 11 is 1.60. The zero-order valence-electron chi connectivity index (χ0n) is 10.8. The number of carbonyl (C=O) groups is 1. The number of amides is 1. The maximum atomic E-state index is 11.2. The van der Waals surface area contributed by atoms with E-state index in [-0.39, 0.29) is 0 Å². The average molecular weight is 249 g/mol. The van der Waals surface area contributed by atoms with Crippen molar-refractivity contribution in [1.82, 2.24) is 5.32 Å². The van der Waals surface area contributed by atoms with Crippen molar-refractivity contribution in [3.63, 3.8) is 0 Å². The van der Waals surface area contributed by atoms with Gasteiger partial charge in [-0.05, 0) is 34.6 Å². The van der Waals surface area contributed by atoms with Crippen molar-refractivity contribution in [2.45, 2.75) is 45.8 Å². The summed E-state index contributed by atoms with van der Waals surface area (Å²) < 4.78 is 5.08. The van der Waals surface area contributed by atoms with Crippen LogP contribution < -0.4 is 5.32 Å². The normalized spacial score (nSPS) is 12.4. The first-order valence-corrected chi connectivity index (χ1v) is 6.53. The number of alkyl carbamates (subject to hydrolysis) is 1. The Bertz CT molecular complexity index is 218. The Morgan fingerprint density at radius 3 is 2.31 bits per heavy atom. The number of nitrogens with one attached hydrogen (secondary N) is 1. The number of thioether (sulfide) groups is 1. The summed E-state index contributed by atoms with van der Waals surface area (Å²) in [6, 6.07) is 0. The number of rotatable bonds is 5. The maximum absolute atomic E-state index is 11.2. The van der Waals surface area contributed by atoms with Crippen LogP contribution in [0.3, 0.4) is 0 Å². The number of ether oxygens (including phenoxy) is 1. The molecular weight excluding hydrogens is 226 g/mol. The van der Waals surface area contributed by atoms with E-state index in [0.717, 1.165) is 5.75 Å². The average Bonchev–Trinajstić information content (AvgIpc) is 1.97. The van der Waals surface area contributed by atoms with Gasteiger partial charge in [0.05, 0.1) is 5.60 Å². The first-order chi connectivity index (χ1) is 7.10. The summed E-state index contributed by atoms with van der Waals surface area (Å²) in [4.78, 5) is 11.2. The van der Waals surface area contributed by atoms with Gasteiger partial charge in [-0.3, -0.25) is 0 Å². The van der Waals surface area contributed by atoms with Crippen LogP contribution in [-0.4, -0.2) is 40.5 Å². The van der Waals surface area contributed by atoms with E-state index in [1.54, 1.807) is 25.6 Å². The molecule has 0 aromatic rings. The smallest absolute Gasteiger partial charge is 0.407 e. The van der Waals surface area contributed by atoms with E-state index in [9.17, 15) is 9.90 Å². The van der Waals surface area contributed by atoms with Crippen molar-refractivity contribution in [2.24, 2.45) is 0 Å². The molecule has 0 aliphatic heterocycles. The molecule has 96 valence electrons. The van der Waals surface area contributed by atoms with Crippen molar-refractivity contribution in [2.75, 3.05) is 18.1 Å². The standard InChI is InChI=1S/C11H23NO3S/c1-10(2,3)15-9(13)12-6-7-16-8-11(4,5)14/h14H,6-8H2,1-5H3,(H,12,13). The molecule has 0 atom stereocenters. The maximum Gasteiger partial charge on any atom is 0.407 e. The van der Waals surface area contributed by atoms with E-state index in [4.69, 9.17) is 4.74 Å². The Hall–Kier alpha value is -0.420. The third-order valence-corrected chi connectivity index (χ3v) is 2.77. The van der Waals surface area contributed by atoms with Gasteiger partial charge in [0.15, 0.2) is 0 Å². The van der Waals surface area contributed by atoms with Gasteiger partial charge in [0.1, 0.15) is 5.60 Å². The lowest BCUT2D eigenvalue weighted by atomic mass is 10.2. The Kier molecular flexibility index (Phi) is 6.18. The molecule has 0 aromatic carbocycles. The predicted octanol–water partition coefficient (Wildman–Crippen LogP) is 2.02. The lowest BCUT2D eigenvalue weighted by molar-refractivity contribution is 0.0531. The second-order valence-electron chi connectivity index (χ2n) is 5.29. The zero-order chi connectivity index (χ0) is 12.8. The molecule has 0 saturated carbocycles. The van der Waals surface area contributed by atoms with Crippen LogP contribution in [0.15, 0.2) is 0 Å². The minimum Gasteiger partial charge on any atom is -0.444 e. The monoisotopic (exact) mass is 249 g/mol. The van der Waals surface area contributed by atoms with E-state index in [1.165, 1.54) is 0 Å². The number of hydrogen-bond acceptors (Lipinski definition) is 4. The van der Waals surface area contributed by atoms with Crippen LogP contribution >= 0.6 is 11.8 Å². The molecule has 0 bridgehead atoms. The van der Waals surface area contributed by atoms with Crippen molar-refractivity contribution < 1.29 is 14.6 Å². The highest BCUT2D eigenvalue weighted by atomic mass is 32.2. The third kappa shape index (κ3) is 11.7. The highest BCUT2D eigenvalue weighted by Gasteiger charge is 2.15. The summed E-state index contributed by atoms with van der Waals surface area (Å²) in [7, 11) is 0. The molecular formula is C11H23NO3S. The van der Waals surface area contributed by atoms with E-state index in [0.29, 0.717) is 12.3 Å². The summed E-state index contributed by atoms with van der Waals surface area (Å²) in [6.45, 7) is 9.57. The molecule has 0 saturated heterocycles. The molecule has 0 aromatic heterocycles. The topological polar surface area (TPSA) is 58.6 Å². The molecule has 0 heterocycles. The molecule has 4 nitrogen and oxygen atoms in total. The van der Waals surface area contributed by atoms with Gasteiger partial charge in [0.2, 0.25) is 0 Å². The summed E-state index contributed by atoms with van der Waals surface area (Å²) in [6.07, 6.45) is -0.392. The molecule has 1 amide bonds. The van der Waals surface area contributed by atoms with E-state index >= 15 is 0 Å². The minimum atomic E-state index is -0.656. The second kappa shape index (κ2) is 6.35. The first kappa shape index (κ1) is 15.6. The molecule has 0 unspecified atom stereocenters. The fourth-order valence-electron chi connectivity index (χ4n) is 0.861. The van der Waals surface area contributed by atoms with Crippen LogP contribution in [0.25, 0.3) is 0 Å². The SMILES string of the molecule is CC(C)(O)CSCCNC(=O)OC(C)(C)C. The Balaban J connectivity index is 3.50. The molecule has 0 spiro atoms. The lowest BCUT2D eigenvalue weighted by Crippen LogP contribution is -2.34. The van der Waals surface area contributed by atoms with Crippen molar-refractivity contribution in [3.8, 4) is 0 Å². The molecule has 2 N–H and O–H groups in total. The highest BCUT2D eigenvalue weighted by molar-refractivity contribution is 7.99. The Morgan fingerprint density at radius 1 is 1.31 bits per heavy atom. The van der Waals surface area contributed by atoms with Crippen molar-refractivity contribution >= 4 is 17.9 Å². The molecule has 0 aliphatic rings. The largest absolute Gasteiger partial charge is 0.444 e. The number of carbonyl (C=O) groups excluding carboxylic acids is 1. The quantitative estimate of drug-likeness (QED) is 0.732. The molecule has 16 heavy (non-hydrogen) atoms. The van der Waals surface area contributed by atoms with Crippen LogP contribution in [0.4, 0.5) is 4.79 Å². The zero-order valence-corrected chi connectivity index (χ0v) is 11.6. The van der Waals surface area contributed by atoms with Crippen molar-refractivity contribution in [3.05, 3.63) is 0 Å². The molecule has 0 fully saturated rings. The van der Waals surface area contributed by atoms with Gasteiger partial charge >= 0.3 is 6.09 Å². The predicted molar refractivity (Wildman–Crippen MR) is 67.9 cm³/mol. The van der Waals surface area contributed by atoms with Gasteiger partial charge in [-0.25, -0.2) is 4.79 Å². The summed E-state index contributed by atoms with van der Waals surface area (Å²) in [5.41, 5.74) is -1.11. The fourth-order valence-corrected chi connectivity index (χ4v) is 1.75. The Morgan fingerprint density at radius 2 is 1.88 bits per heavy atom. The second-order valence-corrected chi connectivity index (χ2v) is 6.40. The number of aliphatic hydroxyl groups is 1. The van der Waals surface area contributed by atoms with Crippen LogP contribution in [-0.2, 0) is 4.74 Å². The molecule has 0 rings (SSSR count). The van der Waals surface area contributed by atoms with E-state index < -0.39 is 17.3 Å². The van der Waals surface area contributed by atoms with Gasteiger partial charge in [0, 0.05) is 18.1 Å². The highest BCUT2D eigenvalue weighted by Crippen LogP contribution is 2.11. The molecule has 5 heteroatoms. The van der Waals surface area contributed by atoms with Gasteiger partial charge in [0.25, 0.3) is 0 Å². The van der Waals surface area contributed by atoms with E-state index in [1.807, 2.05) is 20.8 Å². The van der Waals surface area contributed by atoms with Gasteiger partial charge < -0.3 is 15.2 Å². The fraction of sp³-hybridized carbons (Fsp3) is 0.909. The van der Waals surface area contributed by atoms with Crippen LogP contribution in [0, 0.1) is 0 Å². The Labute approximate surface area is 102 Å². The van der Waals surface area contributed by atoms with Gasteiger partial charge in [-0.2, -0.15) is 11.8 Å². The van der Waals surface area contributed by atoms with Crippen molar-refractivity contribution in [1.29, 1.82) is 0 Å². The molecule has 0 aliphatic carbocycles. The lowest BCUT2D eigenvalue weighted by Gasteiger charge is -2.20. The third-order valence-electron chi connectivity index (χ3n) is 1.37. The van der Waals surface area contributed by atoms with Crippen LogP contribution in [0.1, 0.15) is 34.6 Å². The summed E-state index contributed by atoms with van der Waals surface area (Å²) in [5.74, 6) is 1.42.